The number of rotatable bonds is 8. The molecule has 0 saturated heterocycles. The van der Waals surface area contributed by atoms with Crippen LogP contribution in [0.15, 0.2) is 59.1 Å². The van der Waals surface area contributed by atoms with Crippen LogP contribution in [0.5, 0.6) is 0 Å². The molecule has 0 bridgehead atoms. The number of thiophene rings is 1. The van der Waals surface area contributed by atoms with E-state index in [2.05, 4.69) is 26.9 Å². The van der Waals surface area contributed by atoms with Gasteiger partial charge in [0, 0.05) is 5.69 Å². The Morgan fingerprint density at radius 2 is 1.71 bits per heavy atom. The molecular weight excluding hydrogens is 478 g/mol. The van der Waals surface area contributed by atoms with E-state index in [0.717, 1.165) is 33.6 Å². The smallest absolute Gasteiger partial charge is 0.261 e. The van der Waals surface area contributed by atoms with Crippen molar-refractivity contribution in [2.45, 2.75) is 39.4 Å². The predicted molar refractivity (Wildman–Crippen MR) is 142 cm³/mol. The average molecular weight is 506 g/mol. The molecule has 2 heterocycles. The minimum atomic E-state index is -0.155. The van der Waals surface area contributed by atoms with Crippen LogP contribution in [-0.4, -0.2) is 32.3 Å². The number of thioether (sulfide) groups is 1. The number of aryl methyl sites for hydroxylation is 4. The third kappa shape index (κ3) is 5.98. The van der Waals surface area contributed by atoms with Crippen LogP contribution >= 0.6 is 23.1 Å². The third-order valence-corrected chi connectivity index (χ3v) is 7.26. The maximum Gasteiger partial charge on any atom is 0.261 e. The van der Waals surface area contributed by atoms with E-state index in [4.69, 9.17) is 0 Å². The fourth-order valence-electron chi connectivity index (χ4n) is 3.55. The van der Waals surface area contributed by atoms with Gasteiger partial charge in [0.05, 0.1) is 22.9 Å². The number of carbonyl (C=O) groups is 2. The molecular formula is C26H27N5O2S2. The number of nitrogens with zero attached hydrogens (tertiary/aromatic N) is 3. The number of hydrogen-bond acceptors (Lipinski definition) is 6. The SMILES string of the molecule is Cc1ccc(C)c(NC(=O)CSc2nnc(CNC(=O)c3cccs3)n2-c2cc(C)ccc2C)c1. The minimum absolute atomic E-state index is 0.119. The zero-order valence-electron chi connectivity index (χ0n) is 20.1. The van der Waals surface area contributed by atoms with Crippen LogP contribution in [0.1, 0.15) is 37.7 Å². The fourth-order valence-corrected chi connectivity index (χ4v) is 4.96. The summed E-state index contributed by atoms with van der Waals surface area (Å²) in [5.41, 5.74) is 5.97. The van der Waals surface area contributed by atoms with Gasteiger partial charge in [-0.05, 0) is 73.5 Å². The van der Waals surface area contributed by atoms with Crippen LogP contribution in [0.3, 0.4) is 0 Å². The van der Waals surface area contributed by atoms with Gasteiger partial charge in [-0.15, -0.1) is 21.5 Å². The number of amides is 2. The van der Waals surface area contributed by atoms with Crippen LogP contribution in [-0.2, 0) is 11.3 Å². The molecule has 0 spiro atoms. The van der Waals surface area contributed by atoms with Crippen molar-refractivity contribution in [2.24, 2.45) is 0 Å². The molecule has 2 aromatic heterocycles. The molecule has 0 aliphatic carbocycles. The summed E-state index contributed by atoms with van der Waals surface area (Å²) in [4.78, 5) is 25.8. The Morgan fingerprint density at radius 1 is 0.971 bits per heavy atom. The molecule has 0 aliphatic heterocycles. The Morgan fingerprint density at radius 3 is 2.46 bits per heavy atom. The van der Waals surface area contributed by atoms with Gasteiger partial charge < -0.3 is 10.6 Å². The third-order valence-electron chi connectivity index (χ3n) is 5.46. The van der Waals surface area contributed by atoms with Crippen molar-refractivity contribution in [2.75, 3.05) is 11.1 Å². The fraction of sp³-hybridized carbons (Fsp3) is 0.231. The van der Waals surface area contributed by atoms with Crippen molar-refractivity contribution >= 4 is 40.6 Å². The van der Waals surface area contributed by atoms with Crippen LogP contribution in [0.25, 0.3) is 5.69 Å². The summed E-state index contributed by atoms with van der Waals surface area (Å²) in [6, 6.07) is 15.7. The predicted octanol–water partition coefficient (Wildman–Crippen LogP) is 5.22. The largest absolute Gasteiger partial charge is 0.344 e. The molecule has 180 valence electrons. The molecule has 9 heteroatoms. The molecule has 7 nitrogen and oxygen atoms in total. The van der Waals surface area contributed by atoms with Crippen molar-refractivity contribution in [3.8, 4) is 5.69 Å². The molecule has 2 aromatic carbocycles. The van der Waals surface area contributed by atoms with Crippen molar-refractivity contribution in [1.29, 1.82) is 0 Å². The van der Waals surface area contributed by atoms with Crippen LogP contribution < -0.4 is 10.6 Å². The molecule has 4 rings (SSSR count). The molecule has 2 N–H and O–H groups in total. The van der Waals surface area contributed by atoms with Crippen molar-refractivity contribution in [1.82, 2.24) is 20.1 Å². The quantitative estimate of drug-likeness (QED) is 0.320. The summed E-state index contributed by atoms with van der Waals surface area (Å²) in [5.74, 6) is 0.503. The first kappa shape index (κ1) is 24.7. The first-order valence-electron chi connectivity index (χ1n) is 11.2. The van der Waals surface area contributed by atoms with Gasteiger partial charge in [-0.25, -0.2) is 0 Å². The zero-order valence-corrected chi connectivity index (χ0v) is 21.7. The van der Waals surface area contributed by atoms with E-state index in [1.807, 2.05) is 74.0 Å². The normalized spacial score (nSPS) is 10.9. The highest BCUT2D eigenvalue weighted by Gasteiger charge is 2.19. The second kappa shape index (κ2) is 10.9. The average Bonchev–Trinajstić information content (AvgIpc) is 3.50. The molecule has 0 saturated carbocycles. The summed E-state index contributed by atoms with van der Waals surface area (Å²) in [7, 11) is 0. The number of carbonyl (C=O) groups excluding carboxylic acids is 2. The zero-order chi connectivity index (χ0) is 24.9. The molecule has 0 radical (unpaired) electrons. The molecule has 35 heavy (non-hydrogen) atoms. The topological polar surface area (TPSA) is 88.9 Å². The summed E-state index contributed by atoms with van der Waals surface area (Å²) in [6.07, 6.45) is 0. The van der Waals surface area contributed by atoms with Crippen LogP contribution in [0.2, 0.25) is 0 Å². The summed E-state index contributed by atoms with van der Waals surface area (Å²) in [5, 5.41) is 17.1. The Bertz CT molecular complexity index is 1360. The summed E-state index contributed by atoms with van der Waals surface area (Å²) < 4.78 is 1.92. The Balaban J connectivity index is 1.55. The lowest BCUT2D eigenvalue weighted by Crippen LogP contribution is -2.24. The van der Waals surface area contributed by atoms with Gasteiger partial charge in [-0.2, -0.15) is 0 Å². The highest BCUT2D eigenvalue weighted by atomic mass is 32.2. The number of hydrogen-bond donors (Lipinski definition) is 2. The second-order valence-corrected chi connectivity index (χ2v) is 10.2. The van der Waals surface area contributed by atoms with E-state index in [9.17, 15) is 9.59 Å². The Kier molecular flexibility index (Phi) is 7.67. The Labute approximate surface area is 213 Å². The first-order chi connectivity index (χ1) is 16.8. The van der Waals surface area contributed by atoms with Crippen molar-refractivity contribution in [3.63, 3.8) is 0 Å². The number of benzene rings is 2. The second-order valence-electron chi connectivity index (χ2n) is 8.34. The molecule has 2 amide bonds. The summed E-state index contributed by atoms with van der Waals surface area (Å²) in [6.45, 7) is 8.22. The van der Waals surface area contributed by atoms with E-state index >= 15 is 0 Å². The van der Waals surface area contributed by atoms with Gasteiger partial charge in [0.25, 0.3) is 5.91 Å². The van der Waals surface area contributed by atoms with Crippen molar-refractivity contribution in [3.05, 3.63) is 86.9 Å². The first-order valence-corrected chi connectivity index (χ1v) is 13.0. The lowest BCUT2D eigenvalue weighted by Gasteiger charge is -2.14. The van der Waals surface area contributed by atoms with E-state index in [1.54, 1.807) is 6.07 Å². The molecule has 4 aromatic rings. The molecule has 0 fully saturated rings. The van der Waals surface area contributed by atoms with Crippen LogP contribution in [0.4, 0.5) is 5.69 Å². The number of nitrogens with one attached hydrogen (secondary N) is 2. The highest BCUT2D eigenvalue weighted by molar-refractivity contribution is 7.99. The van der Waals surface area contributed by atoms with Gasteiger partial charge in [-0.3, -0.25) is 14.2 Å². The van der Waals surface area contributed by atoms with Crippen molar-refractivity contribution < 1.29 is 9.59 Å². The van der Waals surface area contributed by atoms with Gasteiger partial charge in [-0.1, -0.05) is 42.1 Å². The molecule has 0 aliphatic rings. The summed E-state index contributed by atoms with van der Waals surface area (Å²) >= 11 is 2.70. The van der Waals surface area contributed by atoms with Gasteiger partial charge in [0.2, 0.25) is 5.91 Å². The number of anilines is 1. The lowest BCUT2D eigenvalue weighted by atomic mass is 10.1. The van der Waals surface area contributed by atoms with E-state index < -0.39 is 0 Å². The Hall–Kier alpha value is -3.43. The van der Waals surface area contributed by atoms with E-state index in [-0.39, 0.29) is 24.1 Å². The van der Waals surface area contributed by atoms with Gasteiger partial charge >= 0.3 is 0 Å². The standard InChI is InChI=1S/C26H27N5O2S2/c1-16-7-9-18(3)20(12-16)28-24(32)15-35-26-30-29-23(14-27-25(33)22-6-5-11-34-22)31(26)21-13-17(2)8-10-19(21)4/h5-13H,14-15H2,1-4H3,(H,27,33)(H,28,32). The molecule has 0 unspecified atom stereocenters. The minimum Gasteiger partial charge on any atom is -0.344 e. The maximum absolute atomic E-state index is 12.7. The van der Waals surface area contributed by atoms with Gasteiger partial charge in [0.1, 0.15) is 0 Å². The highest BCUT2D eigenvalue weighted by Crippen LogP contribution is 2.26. The van der Waals surface area contributed by atoms with E-state index in [0.29, 0.717) is 15.9 Å². The number of aromatic nitrogens is 3. The lowest BCUT2D eigenvalue weighted by molar-refractivity contribution is -0.113. The molecule has 0 atom stereocenters. The monoisotopic (exact) mass is 505 g/mol. The van der Waals surface area contributed by atoms with Gasteiger partial charge in [0.15, 0.2) is 11.0 Å². The van der Waals surface area contributed by atoms with Crippen LogP contribution in [0, 0.1) is 27.7 Å². The van der Waals surface area contributed by atoms with E-state index in [1.165, 1.54) is 23.1 Å². The maximum atomic E-state index is 12.7.